The summed E-state index contributed by atoms with van der Waals surface area (Å²) in [6, 6.07) is 4.04. The van der Waals surface area contributed by atoms with Gasteiger partial charge in [-0.2, -0.15) is 0 Å². The standard InChI is InChI=1S/C20H24N2O5S2/c1-12-7-13(2)18(14(3)8-12)22(15(4)23)20-21-17(10-28-20)9-27-19(24)16-5-6-29(25,26)11-16/h7-8,10,16H,5-6,9,11H2,1-4H3/t16-/m1/s1. The number of rotatable bonds is 5. The lowest BCUT2D eigenvalue weighted by Crippen LogP contribution is -2.24. The summed E-state index contributed by atoms with van der Waals surface area (Å²) in [7, 11) is -3.14. The maximum Gasteiger partial charge on any atom is 0.310 e. The normalized spacial score (nSPS) is 17.9. The number of amides is 1. The van der Waals surface area contributed by atoms with Gasteiger partial charge in [0.05, 0.1) is 28.8 Å². The molecule has 2 aromatic rings. The topological polar surface area (TPSA) is 93.6 Å². The van der Waals surface area contributed by atoms with Gasteiger partial charge in [0.1, 0.15) is 6.61 Å². The van der Waals surface area contributed by atoms with Gasteiger partial charge in [-0.3, -0.25) is 14.5 Å². The van der Waals surface area contributed by atoms with Crippen LogP contribution in [-0.4, -0.2) is 36.8 Å². The van der Waals surface area contributed by atoms with Crippen LogP contribution in [0.3, 0.4) is 0 Å². The summed E-state index contributed by atoms with van der Waals surface area (Å²) in [4.78, 5) is 30.6. The van der Waals surface area contributed by atoms with E-state index in [-0.39, 0.29) is 24.0 Å². The van der Waals surface area contributed by atoms with E-state index in [1.54, 1.807) is 10.3 Å². The number of sulfone groups is 1. The largest absolute Gasteiger partial charge is 0.459 e. The van der Waals surface area contributed by atoms with Gasteiger partial charge in [0, 0.05) is 12.3 Å². The van der Waals surface area contributed by atoms with Gasteiger partial charge in [-0.05, 0) is 38.3 Å². The number of ether oxygens (including phenoxy) is 1. The molecule has 1 fully saturated rings. The highest BCUT2D eigenvalue weighted by Gasteiger charge is 2.34. The smallest absolute Gasteiger partial charge is 0.310 e. The summed E-state index contributed by atoms with van der Waals surface area (Å²) in [6.45, 7) is 7.35. The second kappa shape index (κ2) is 8.23. The molecule has 0 N–H and O–H groups in total. The van der Waals surface area contributed by atoms with Crippen molar-refractivity contribution < 1.29 is 22.7 Å². The van der Waals surface area contributed by atoms with Gasteiger partial charge in [0.25, 0.3) is 0 Å². The number of hydrogen-bond acceptors (Lipinski definition) is 7. The van der Waals surface area contributed by atoms with Gasteiger partial charge in [-0.25, -0.2) is 13.4 Å². The summed E-state index contributed by atoms with van der Waals surface area (Å²) in [5.74, 6) is -1.41. The molecule has 0 unspecified atom stereocenters. The van der Waals surface area contributed by atoms with Gasteiger partial charge in [0.2, 0.25) is 5.91 Å². The Kier molecular flexibility index (Phi) is 6.09. The van der Waals surface area contributed by atoms with Gasteiger partial charge >= 0.3 is 5.97 Å². The van der Waals surface area contributed by atoms with E-state index in [9.17, 15) is 18.0 Å². The Morgan fingerprint density at radius 1 is 1.24 bits per heavy atom. The van der Waals surface area contributed by atoms with Crippen molar-refractivity contribution >= 4 is 43.9 Å². The van der Waals surface area contributed by atoms with Gasteiger partial charge < -0.3 is 4.74 Å². The third-order valence-corrected chi connectivity index (χ3v) is 7.48. The first-order valence-corrected chi connectivity index (χ1v) is 12.0. The predicted molar refractivity (Wildman–Crippen MR) is 112 cm³/mol. The minimum Gasteiger partial charge on any atom is -0.459 e. The van der Waals surface area contributed by atoms with E-state index in [0.29, 0.717) is 17.2 Å². The van der Waals surface area contributed by atoms with Crippen LogP contribution < -0.4 is 4.90 Å². The summed E-state index contributed by atoms with van der Waals surface area (Å²) in [6.07, 6.45) is 0.299. The van der Waals surface area contributed by atoms with Gasteiger partial charge in [-0.1, -0.05) is 17.7 Å². The van der Waals surface area contributed by atoms with Crippen LogP contribution in [0, 0.1) is 26.7 Å². The molecule has 0 spiro atoms. The Balaban J connectivity index is 1.75. The molecule has 1 aliphatic heterocycles. The van der Waals surface area contributed by atoms with Crippen molar-refractivity contribution in [3.8, 4) is 0 Å². The zero-order valence-corrected chi connectivity index (χ0v) is 18.5. The number of benzene rings is 1. The maximum absolute atomic E-state index is 12.4. The summed E-state index contributed by atoms with van der Waals surface area (Å²) in [5.41, 5.74) is 4.39. The number of hydrogen-bond donors (Lipinski definition) is 0. The first-order chi connectivity index (χ1) is 13.6. The minimum absolute atomic E-state index is 0.0242. The van der Waals surface area contributed by atoms with Crippen molar-refractivity contribution in [1.82, 2.24) is 4.98 Å². The summed E-state index contributed by atoms with van der Waals surface area (Å²) in [5, 5.41) is 2.24. The number of nitrogens with zero attached hydrogens (tertiary/aromatic N) is 2. The molecule has 0 saturated carbocycles. The van der Waals surface area contributed by atoms with Gasteiger partial charge in [0.15, 0.2) is 15.0 Å². The van der Waals surface area contributed by atoms with E-state index in [4.69, 9.17) is 4.74 Å². The van der Waals surface area contributed by atoms with Crippen LogP contribution >= 0.6 is 11.3 Å². The predicted octanol–water partition coefficient (Wildman–Crippen LogP) is 3.23. The molecule has 29 heavy (non-hydrogen) atoms. The first-order valence-electron chi connectivity index (χ1n) is 9.27. The van der Waals surface area contributed by atoms with Crippen LogP contribution in [0.1, 0.15) is 35.7 Å². The highest BCUT2D eigenvalue weighted by Crippen LogP contribution is 2.34. The van der Waals surface area contributed by atoms with Crippen molar-refractivity contribution in [2.75, 3.05) is 16.4 Å². The Labute approximate surface area is 174 Å². The average Bonchev–Trinajstić information content (AvgIpc) is 3.21. The van der Waals surface area contributed by atoms with Crippen molar-refractivity contribution in [2.45, 2.75) is 40.7 Å². The molecule has 1 aromatic heterocycles. The number of esters is 1. The van der Waals surface area contributed by atoms with Crippen molar-refractivity contribution in [3.05, 3.63) is 39.9 Å². The van der Waals surface area contributed by atoms with Crippen molar-refractivity contribution in [2.24, 2.45) is 5.92 Å². The molecule has 3 rings (SSSR count). The zero-order chi connectivity index (χ0) is 21.3. The molecule has 1 amide bonds. The molecule has 1 aromatic carbocycles. The van der Waals surface area contributed by atoms with Crippen LogP contribution in [0.25, 0.3) is 0 Å². The summed E-state index contributed by atoms with van der Waals surface area (Å²) >= 11 is 1.29. The molecule has 9 heteroatoms. The highest BCUT2D eigenvalue weighted by molar-refractivity contribution is 7.91. The van der Waals surface area contributed by atoms with Crippen LogP contribution in [0.5, 0.6) is 0 Å². The summed E-state index contributed by atoms with van der Waals surface area (Å²) < 4.78 is 28.3. The lowest BCUT2D eigenvalue weighted by Gasteiger charge is -2.23. The van der Waals surface area contributed by atoms with Crippen LogP contribution in [-0.2, 0) is 30.8 Å². The molecular formula is C20H24N2O5S2. The third kappa shape index (κ3) is 4.84. The van der Waals surface area contributed by atoms with E-state index in [2.05, 4.69) is 4.98 Å². The van der Waals surface area contributed by atoms with Crippen LogP contribution in [0.4, 0.5) is 10.8 Å². The van der Waals surface area contributed by atoms with E-state index < -0.39 is 21.7 Å². The average molecular weight is 437 g/mol. The van der Waals surface area contributed by atoms with Crippen LogP contribution in [0.2, 0.25) is 0 Å². The first kappa shape index (κ1) is 21.4. The molecule has 1 atom stereocenters. The van der Waals surface area contributed by atoms with E-state index in [1.807, 2.05) is 32.9 Å². The zero-order valence-electron chi connectivity index (χ0n) is 16.9. The van der Waals surface area contributed by atoms with E-state index in [0.717, 1.165) is 22.4 Å². The van der Waals surface area contributed by atoms with E-state index >= 15 is 0 Å². The third-order valence-electron chi connectivity index (χ3n) is 4.83. The number of anilines is 2. The monoisotopic (exact) mass is 436 g/mol. The molecule has 0 bridgehead atoms. The number of aryl methyl sites for hydroxylation is 3. The molecule has 0 aliphatic carbocycles. The van der Waals surface area contributed by atoms with E-state index in [1.165, 1.54) is 18.3 Å². The number of aromatic nitrogens is 1. The Bertz CT molecular complexity index is 1040. The lowest BCUT2D eigenvalue weighted by atomic mass is 10.0. The second-order valence-electron chi connectivity index (χ2n) is 7.43. The van der Waals surface area contributed by atoms with Crippen LogP contribution in [0.15, 0.2) is 17.5 Å². The molecule has 0 radical (unpaired) electrons. The molecule has 156 valence electrons. The fourth-order valence-corrected chi connectivity index (χ4v) is 6.21. The minimum atomic E-state index is -3.14. The lowest BCUT2D eigenvalue weighted by molar-refractivity contribution is -0.149. The SMILES string of the molecule is CC(=O)N(c1nc(COC(=O)[C@@H]2CCS(=O)(=O)C2)cs1)c1c(C)cc(C)cc1C. The molecule has 7 nitrogen and oxygen atoms in total. The molecule has 2 heterocycles. The maximum atomic E-state index is 12.4. The van der Waals surface area contributed by atoms with Crippen molar-refractivity contribution in [3.63, 3.8) is 0 Å². The molecular weight excluding hydrogens is 412 g/mol. The fraction of sp³-hybridized carbons (Fsp3) is 0.450. The number of thiazole rings is 1. The Morgan fingerprint density at radius 3 is 2.45 bits per heavy atom. The number of carbonyl (C=O) groups excluding carboxylic acids is 2. The molecule has 1 aliphatic rings. The quantitative estimate of drug-likeness (QED) is 0.668. The van der Waals surface area contributed by atoms with Crippen molar-refractivity contribution in [1.29, 1.82) is 0 Å². The molecule has 1 saturated heterocycles. The van der Waals surface area contributed by atoms with Gasteiger partial charge in [-0.15, -0.1) is 11.3 Å². The number of carbonyl (C=O) groups is 2. The Morgan fingerprint density at radius 2 is 1.90 bits per heavy atom. The Hall–Kier alpha value is -2.26. The highest BCUT2D eigenvalue weighted by atomic mass is 32.2. The fourth-order valence-electron chi connectivity index (χ4n) is 3.62. The second-order valence-corrected chi connectivity index (χ2v) is 10.5.